The highest BCUT2D eigenvalue weighted by Crippen LogP contribution is 2.34. The molecule has 7 heteroatoms. The molecule has 190 valence electrons. The van der Waals surface area contributed by atoms with Crippen LogP contribution in [-0.4, -0.2) is 39.6 Å². The lowest BCUT2D eigenvalue weighted by atomic mass is 10.1. The fraction of sp³-hybridized carbons (Fsp3) is 0.233. The Morgan fingerprint density at radius 3 is 2.30 bits per heavy atom. The van der Waals surface area contributed by atoms with E-state index in [-0.39, 0.29) is 18.4 Å². The molecule has 0 atom stereocenters. The van der Waals surface area contributed by atoms with E-state index in [0.717, 1.165) is 40.9 Å². The number of benzene rings is 3. The van der Waals surface area contributed by atoms with Crippen LogP contribution in [0.4, 0.5) is 10.2 Å². The summed E-state index contributed by atoms with van der Waals surface area (Å²) >= 11 is 0. The Morgan fingerprint density at radius 1 is 0.946 bits per heavy atom. The van der Waals surface area contributed by atoms with Crippen molar-refractivity contribution in [3.8, 4) is 16.8 Å². The topological polar surface area (TPSA) is 67.2 Å². The zero-order chi connectivity index (χ0) is 26.4. The van der Waals surface area contributed by atoms with Gasteiger partial charge < -0.3 is 10.2 Å². The average Bonchev–Trinajstić information content (AvgIpc) is 3.22. The maximum atomic E-state index is 13.4. The summed E-state index contributed by atoms with van der Waals surface area (Å²) in [4.78, 5) is 28.1. The molecule has 1 N–H and O–H groups in total. The molecule has 0 saturated heterocycles. The van der Waals surface area contributed by atoms with Crippen LogP contribution in [-0.2, 0) is 4.79 Å². The van der Waals surface area contributed by atoms with Crippen molar-refractivity contribution in [3.05, 3.63) is 102 Å². The Morgan fingerprint density at radius 2 is 1.62 bits per heavy atom. The highest BCUT2D eigenvalue weighted by atomic mass is 19.1. The lowest BCUT2D eigenvalue weighted by molar-refractivity contribution is -0.116. The smallest absolute Gasteiger partial charge is 0.254 e. The summed E-state index contributed by atoms with van der Waals surface area (Å²) in [5.74, 6) is -0.510. The van der Waals surface area contributed by atoms with Crippen LogP contribution in [0.5, 0.6) is 0 Å². The summed E-state index contributed by atoms with van der Waals surface area (Å²) in [6.45, 7) is 6.22. The second-order valence-electron chi connectivity index (χ2n) is 9.01. The second-order valence-corrected chi connectivity index (χ2v) is 9.01. The zero-order valence-electron chi connectivity index (χ0n) is 21.4. The van der Waals surface area contributed by atoms with Crippen LogP contribution in [0.25, 0.3) is 16.8 Å². The molecule has 4 aromatic rings. The highest BCUT2D eigenvalue weighted by molar-refractivity contribution is 6.01. The minimum atomic E-state index is -0.414. The Hall–Kier alpha value is -4.26. The number of hydrogen-bond donors (Lipinski definition) is 1. The first-order valence-corrected chi connectivity index (χ1v) is 12.4. The molecule has 3 aromatic carbocycles. The van der Waals surface area contributed by atoms with Gasteiger partial charge in [0.15, 0.2) is 0 Å². The Balaban J connectivity index is 1.68. The summed E-state index contributed by atoms with van der Waals surface area (Å²) < 4.78 is 15.1. The van der Waals surface area contributed by atoms with Crippen molar-refractivity contribution in [2.45, 2.75) is 33.6 Å². The van der Waals surface area contributed by atoms with Gasteiger partial charge in [0.25, 0.3) is 5.91 Å². The Bertz CT molecular complexity index is 1380. The van der Waals surface area contributed by atoms with E-state index in [1.165, 1.54) is 29.2 Å². The van der Waals surface area contributed by atoms with Gasteiger partial charge in [0, 0.05) is 17.7 Å². The molecule has 1 heterocycles. The van der Waals surface area contributed by atoms with Crippen molar-refractivity contribution in [2.24, 2.45) is 0 Å². The minimum Gasteiger partial charge on any atom is -0.329 e. The molecule has 0 bridgehead atoms. The summed E-state index contributed by atoms with van der Waals surface area (Å²) in [5, 5.41) is 7.83. The number of hydrogen-bond acceptors (Lipinski definition) is 3. The number of rotatable bonds is 9. The maximum absolute atomic E-state index is 13.4. The molecular weight excluding hydrogens is 467 g/mol. The van der Waals surface area contributed by atoms with Crippen LogP contribution < -0.4 is 5.32 Å². The van der Waals surface area contributed by atoms with Crippen LogP contribution in [0.1, 0.15) is 41.4 Å². The normalized spacial score (nSPS) is 10.8. The molecule has 0 radical (unpaired) electrons. The predicted octanol–water partition coefficient (Wildman–Crippen LogP) is 6.18. The van der Waals surface area contributed by atoms with Crippen LogP contribution in [0.3, 0.4) is 0 Å². The SMILES string of the molecule is CCCCN(CC(=O)Nc1c(-c2ccccc2)c(C)nn1-c1ccccc1C)C(=O)c1ccc(F)cc1. The van der Waals surface area contributed by atoms with Crippen molar-refractivity contribution in [3.63, 3.8) is 0 Å². The van der Waals surface area contributed by atoms with E-state index < -0.39 is 5.82 Å². The van der Waals surface area contributed by atoms with Crippen molar-refractivity contribution >= 4 is 17.6 Å². The first-order valence-electron chi connectivity index (χ1n) is 12.4. The van der Waals surface area contributed by atoms with E-state index in [1.807, 2.05) is 75.4 Å². The third-order valence-corrected chi connectivity index (χ3v) is 6.22. The molecule has 6 nitrogen and oxygen atoms in total. The second kappa shape index (κ2) is 11.6. The molecular formula is C30H31FN4O2. The van der Waals surface area contributed by atoms with Crippen molar-refractivity contribution in [1.82, 2.24) is 14.7 Å². The fourth-order valence-electron chi connectivity index (χ4n) is 4.29. The summed E-state index contributed by atoms with van der Waals surface area (Å²) in [5.41, 5.74) is 4.73. The number of carbonyl (C=O) groups is 2. The summed E-state index contributed by atoms with van der Waals surface area (Å²) in [7, 11) is 0. The molecule has 1 aromatic heterocycles. The lowest BCUT2D eigenvalue weighted by Crippen LogP contribution is -2.39. The number of carbonyl (C=O) groups excluding carboxylic acids is 2. The average molecular weight is 499 g/mol. The van der Waals surface area contributed by atoms with E-state index in [2.05, 4.69) is 5.32 Å². The number of unbranched alkanes of at least 4 members (excludes halogenated alkanes) is 1. The third-order valence-electron chi connectivity index (χ3n) is 6.22. The number of amides is 2. The number of aryl methyl sites for hydroxylation is 2. The zero-order valence-corrected chi connectivity index (χ0v) is 21.4. The van der Waals surface area contributed by atoms with Gasteiger partial charge in [-0.15, -0.1) is 0 Å². The van der Waals surface area contributed by atoms with E-state index in [4.69, 9.17) is 5.10 Å². The quantitative estimate of drug-likeness (QED) is 0.300. The number of nitrogens with one attached hydrogen (secondary N) is 1. The van der Waals surface area contributed by atoms with Crippen molar-refractivity contribution in [2.75, 3.05) is 18.4 Å². The molecule has 0 saturated carbocycles. The van der Waals surface area contributed by atoms with Gasteiger partial charge in [-0.25, -0.2) is 9.07 Å². The van der Waals surface area contributed by atoms with Gasteiger partial charge in [-0.2, -0.15) is 5.10 Å². The fourth-order valence-corrected chi connectivity index (χ4v) is 4.29. The van der Waals surface area contributed by atoms with E-state index in [9.17, 15) is 14.0 Å². The molecule has 0 aliphatic rings. The van der Waals surface area contributed by atoms with Gasteiger partial charge in [-0.3, -0.25) is 9.59 Å². The monoisotopic (exact) mass is 498 g/mol. The van der Waals surface area contributed by atoms with Gasteiger partial charge in [-0.1, -0.05) is 61.9 Å². The van der Waals surface area contributed by atoms with Crippen LogP contribution in [0.15, 0.2) is 78.9 Å². The third kappa shape index (κ3) is 5.94. The first-order chi connectivity index (χ1) is 17.9. The number of nitrogens with zero attached hydrogens (tertiary/aromatic N) is 3. The van der Waals surface area contributed by atoms with E-state index >= 15 is 0 Å². The lowest BCUT2D eigenvalue weighted by Gasteiger charge is -2.22. The number of para-hydroxylation sites is 1. The molecule has 0 fully saturated rings. The highest BCUT2D eigenvalue weighted by Gasteiger charge is 2.23. The van der Waals surface area contributed by atoms with Crippen molar-refractivity contribution in [1.29, 1.82) is 0 Å². The van der Waals surface area contributed by atoms with E-state index in [0.29, 0.717) is 17.9 Å². The molecule has 0 aliphatic carbocycles. The molecule has 4 rings (SSSR count). The van der Waals surface area contributed by atoms with Crippen molar-refractivity contribution < 1.29 is 14.0 Å². The Labute approximate surface area is 216 Å². The predicted molar refractivity (Wildman–Crippen MR) is 144 cm³/mol. The van der Waals surface area contributed by atoms with E-state index in [1.54, 1.807) is 4.68 Å². The van der Waals surface area contributed by atoms with Crippen LogP contribution in [0, 0.1) is 19.7 Å². The first kappa shape index (κ1) is 25.8. The number of aromatic nitrogens is 2. The van der Waals surface area contributed by atoms with Crippen LogP contribution in [0.2, 0.25) is 0 Å². The van der Waals surface area contributed by atoms with Gasteiger partial charge in [0.2, 0.25) is 5.91 Å². The van der Waals surface area contributed by atoms with Crippen LogP contribution >= 0.6 is 0 Å². The summed E-state index contributed by atoms with van der Waals surface area (Å²) in [6, 6.07) is 23.0. The molecule has 0 aliphatic heterocycles. The van der Waals surface area contributed by atoms with Gasteiger partial charge in [0.05, 0.1) is 11.4 Å². The molecule has 2 amide bonds. The Kier molecular flexibility index (Phi) is 8.13. The molecule has 37 heavy (non-hydrogen) atoms. The summed E-state index contributed by atoms with van der Waals surface area (Å²) in [6.07, 6.45) is 1.61. The molecule has 0 unspecified atom stereocenters. The van der Waals surface area contributed by atoms with Gasteiger partial charge in [0.1, 0.15) is 18.2 Å². The molecule has 0 spiro atoms. The number of anilines is 1. The van der Waals surface area contributed by atoms with Gasteiger partial charge in [-0.05, 0) is 61.7 Å². The largest absolute Gasteiger partial charge is 0.329 e. The standard InChI is InChI=1S/C30H31FN4O2/c1-4-5-19-34(30(37)24-15-17-25(31)18-16-24)20-27(36)32-29-28(23-12-7-6-8-13-23)22(3)33-35(29)26-14-10-9-11-21(26)2/h6-18H,4-5,19-20H2,1-3H3,(H,32,36). The maximum Gasteiger partial charge on any atom is 0.254 e. The number of halogens is 1. The minimum absolute atomic E-state index is 0.136. The van der Waals surface area contributed by atoms with Gasteiger partial charge >= 0.3 is 0 Å².